The first-order valence-electron chi connectivity index (χ1n) is 9.20. The molecule has 0 unspecified atom stereocenters. The van der Waals surface area contributed by atoms with E-state index < -0.39 is 0 Å². The highest BCUT2D eigenvalue weighted by Crippen LogP contribution is 2.34. The van der Waals surface area contributed by atoms with Crippen LogP contribution >= 0.6 is 0 Å². The predicted molar refractivity (Wildman–Crippen MR) is 94.9 cm³/mol. The molecule has 1 atom stereocenters. The maximum atomic E-state index is 5.74. The van der Waals surface area contributed by atoms with E-state index in [0.29, 0.717) is 5.92 Å². The summed E-state index contributed by atoms with van der Waals surface area (Å²) in [4.78, 5) is 5.22. The molecule has 3 nitrogen and oxygen atoms in total. The predicted octanol–water partition coefficient (Wildman–Crippen LogP) is 4.10. The fraction of sp³-hybridized carbons (Fsp3) is 0.600. The molecule has 0 saturated carbocycles. The van der Waals surface area contributed by atoms with Gasteiger partial charge >= 0.3 is 0 Å². The molecule has 0 bridgehead atoms. The SMILES string of the molecule is CN1CCC[C@H]1CCN1CCC(c2coc3ccccc23)CC1. The first-order valence-corrected chi connectivity index (χ1v) is 9.20. The lowest BCUT2D eigenvalue weighted by atomic mass is 9.89. The average molecular weight is 312 g/mol. The molecule has 2 aromatic rings. The second-order valence-electron chi connectivity index (χ2n) is 7.37. The second-order valence-corrected chi connectivity index (χ2v) is 7.37. The van der Waals surface area contributed by atoms with Crippen molar-refractivity contribution in [3.05, 3.63) is 36.1 Å². The van der Waals surface area contributed by atoms with E-state index in [2.05, 4.69) is 41.1 Å². The van der Waals surface area contributed by atoms with Crippen LogP contribution in [-0.2, 0) is 0 Å². The van der Waals surface area contributed by atoms with Gasteiger partial charge in [-0.15, -0.1) is 0 Å². The van der Waals surface area contributed by atoms with E-state index in [1.807, 2.05) is 6.26 Å². The lowest BCUT2D eigenvalue weighted by molar-refractivity contribution is 0.186. The van der Waals surface area contributed by atoms with Crippen LogP contribution in [0.3, 0.4) is 0 Å². The summed E-state index contributed by atoms with van der Waals surface area (Å²) in [6.45, 7) is 5.04. The van der Waals surface area contributed by atoms with E-state index in [1.54, 1.807) is 0 Å². The quantitative estimate of drug-likeness (QED) is 0.847. The maximum Gasteiger partial charge on any atom is 0.134 e. The van der Waals surface area contributed by atoms with E-state index >= 15 is 0 Å². The summed E-state index contributed by atoms with van der Waals surface area (Å²) in [5.74, 6) is 0.670. The summed E-state index contributed by atoms with van der Waals surface area (Å²) in [5, 5.41) is 1.32. The minimum absolute atomic E-state index is 0.670. The van der Waals surface area contributed by atoms with Crippen molar-refractivity contribution in [1.82, 2.24) is 9.80 Å². The Morgan fingerprint density at radius 3 is 2.70 bits per heavy atom. The van der Waals surface area contributed by atoms with Gasteiger partial charge in [0.25, 0.3) is 0 Å². The van der Waals surface area contributed by atoms with Crippen molar-refractivity contribution in [3.8, 4) is 0 Å². The fourth-order valence-electron chi connectivity index (χ4n) is 4.46. The Morgan fingerprint density at radius 2 is 1.91 bits per heavy atom. The zero-order valence-corrected chi connectivity index (χ0v) is 14.2. The van der Waals surface area contributed by atoms with Gasteiger partial charge in [0.1, 0.15) is 5.58 Å². The van der Waals surface area contributed by atoms with Crippen LogP contribution in [0.2, 0.25) is 0 Å². The van der Waals surface area contributed by atoms with Gasteiger partial charge in [-0.2, -0.15) is 0 Å². The van der Waals surface area contributed by atoms with Crippen LogP contribution in [0.5, 0.6) is 0 Å². The lowest BCUT2D eigenvalue weighted by Crippen LogP contribution is -2.36. The number of furan rings is 1. The summed E-state index contributed by atoms with van der Waals surface area (Å²) >= 11 is 0. The molecule has 0 radical (unpaired) electrons. The van der Waals surface area contributed by atoms with E-state index in [1.165, 1.54) is 69.2 Å². The highest BCUT2D eigenvalue weighted by molar-refractivity contribution is 5.81. The van der Waals surface area contributed by atoms with Crippen LogP contribution in [-0.4, -0.2) is 49.1 Å². The van der Waals surface area contributed by atoms with Crippen molar-refractivity contribution in [3.63, 3.8) is 0 Å². The number of benzene rings is 1. The minimum Gasteiger partial charge on any atom is -0.464 e. The maximum absolute atomic E-state index is 5.74. The third kappa shape index (κ3) is 3.17. The van der Waals surface area contributed by atoms with E-state index in [4.69, 9.17) is 4.42 Å². The lowest BCUT2D eigenvalue weighted by Gasteiger charge is -2.33. The number of hydrogen-bond acceptors (Lipinski definition) is 3. The van der Waals surface area contributed by atoms with E-state index in [9.17, 15) is 0 Å². The number of nitrogens with zero attached hydrogens (tertiary/aromatic N) is 2. The zero-order chi connectivity index (χ0) is 15.6. The van der Waals surface area contributed by atoms with Gasteiger partial charge < -0.3 is 14.2 Å². The monoisotopic (exact) mass is 312 g/mol. The number of hydrogen-bond donors (Lipinski definition) is 0. The van der Waals surface area contributed by atoms with Gasteiger partial charge in [-0.05, 0) is 77.3 Å². The first kappa shape index (κ1) is 15.2. The first-order chi connectivity index (χ1) is 11.3. The Kier molecular flexibility index (Phi) is 4.41. The highest BCUT2D eigenvalue weighted by Gasteiger charge is 2.25. The summed E-state index contributed by atoms with van der Waals surface area (Å²) in [6, 6.07) is 9.28. The number of para-hydroxylation sites is 1. The third-order valence-corrected chi connectivity index (χ3v) is 5.99. The molecule has 1 aromatic carbocycles. The summed E-state index contributed by atoms with van der Waals surface area (Å²) < 4.78 is 5.74. The van der Waals surface area contributed by atoms with Crippen molar-refractivity contribution < 1.29 is 4.42 Å². The minimum atomic E-state index is 0.670. The van der Waals surface area contributed by atoms with Gasteiger partial charge in [-0.1, -0.05) is 18.2 Å². The summed E-state index contributed by atoms with van der Waals surface area (Å²) in [7, 11) is 2.29. The van der Waals surface area contributed by atoms with Crippen LogP contribution in [0.25, 0.3) is 11.0 Å². The molecule has 23 heavy (non-hydrogen) atoms. The molecule has 2 aliphatic rings. The average Bonchev–Trinajstić information content (AvgIpc) is 3.20. The molecule has 4 rings (SSSR count). The van der Waals surface area contributed by atoms with Crippen LogP contribution in [0.15, 0.2) is 34.9 Å². The van der Waals surface area contributed by atoms with E-state index in [0.717, 1.165) is 11.6 Å². The zero-order valence-electron chi connectivity index (χ0n) is 14.2. The molecule has 2 fully saturated rings. The molecular weight excluding hydrogens is 284 g/mol. The van der Waals surface area contributed by atoms with E-state index in [-0.39, 0.29) is 0 Å². The summed E-state index contributed by atoms with van der Waals surface area (Å²) in [5.41, 5.74) is 2.46. The number of fused-ring (bicyclic) bond motifs is 1. The molecule has 0 aliphatic carbocycles. The van der Waals surface area contributed by atoms with Crippen molar-refractivity contribution >= 4 is 11.0 Å². The smallest absolute Gasteiger partial charge is 0.134 e. The van der Waals surface area contributed by atoms with Crippen molar-refractivity contribution in [2.24, 2.45) is 0 Å². The molecule has 0 N–H and O–H groups in total. The topological polar surface area (TPSA) is 19.6 Å². The molecular formula is C20H28N2O. The molecule has 2 aliphatic heterocycles. The number of rotatable bonds is 4. The van der Waals surface area contributed by atoms with Crippen molar-refractivity contribution in [1.29, 1.82) is 0 Å². The standard InChI is InChI=1S/C20H28N2O/c1-21-11-4-5-17(21)10-14-22-12-8-16(9-13-22)19-15-23-20-7-3-2-6-18(19)20/h2-3,6-7,15-17H,4-5,8-14H2,1H3/t17-/m0/s1. The normalized spacial score (nSPS) is 24.7. The van der Waals surface area contributed by atoms with Gasteiger partial charge in [0.2, 0.25) is 0 Å². The fourth-order valence-corrected chi connectivity index (χ4v) is 4.46. The largest absolute Gasteiger partial charge is 0.464 e. The Hall–Kier alpha value is -1.32. The molecule has 1 aromatic heterocycles. The molecule has 3 heterocycles. The van der Waals surface area contributed by atoms with Gasteiger partial charge in [-0.25, -0.2) is 0 Å². The second kappa shape index (κ2) is 6.66. The Labute approximate surface area is 139 Å². The molecule has 2 saturated heterocycles. The molecule has 3 heteroatoms. The van der Waals surface area contributed by atoms with Gasteiger partial charge in [0, 0.05) is 17.0 Å². The van der Waals surface area contributed by atoms with Crippen LogP contribution in [0.4, 0.5) is 0 Å². The Morgan fingerprint density at radius 1 is 1.09 bits per heavy atom. The molecule has 124 valence electrons. The summed E-state index contributed by atoms with van der Waals surface area (Å²) in [6.07, 6.45) is 8.66. The highest BCUT2D eigenvalue weighted by atomic mass is 16.3. The van der Waals surface area contributed by atoms with Crippen LogP contribution in [0, 0.1) is 0 Å². The molecule has 0 spiro atoms. The Bertz CT molecular complexity index is 642. The van der Waals surface area contributed by atoms with Gasteiger partial charge in [0.05, 0.1) is 6.26 Å². The number of piperidine rings is 1. The van der Waals surface area contributed by atoms with Crippen LogP contribution in [0.1, 0.15) is 43.6 Å². The van der Waals surface area contributed by atoms with Crippen molar-refractivity contribution in [2.75, 3.05) is 33.2 Å². The van der Waals surface area contributed by atoms with Crippen LogP contribution < -0.4 is 0 Å². The van der Waals surface area contributed by atoms with Gasteiger partial charge in [0.15, 0.2) is 0 Å². The number of likely N-dealkylation sites (tertiary alicyclic amines) is 2. The van der Waals surface area contributed by atoms with Crippen molar-refractivity contribution in [2.45, 2.75) is 44.1 Å². The third-order valence-electron chi connectivity index (χ3n) is 5.99. The molecule has 0 amide bonds. The van der Waals surface area contributed by atoms with Gasteiger partial charge in [-0.3, -0.25) is 0 Å². The Balaban J connectivity index is 1.32.